The van der Waals surface area contributed by atoms with Crippen LogP contribution in [0.5, 0.6) is 0 Å². The molecule has 0 spiro atoms. The van der Waals surface area contributed by atoms with E-state index in [2.05, 4.69) is 53.8 Å². The molecule has 4 atom stereocenters. The number of carbonyl (C=O) groups is 1. The average molecular weight is 488 g/mol. The van der Waals surface area contributed by atoms with Crippen LogP contribution in [-0.2, 0) is 14.0 Å². The fourth-order valence-corrected chi connectivity index (χ4v) is 6.01. The van der Waals surface area contributed by atoms with E-state index in [9.17, 15) is 14.3 Å². The molecule has 2 aliphatic rings. The Morgan fingerprint density at radius 1 is 1.26 bits per heavy atom. The van der Waals surface area contributed by atoms with Gasteiger partial charge in [0.1, 0.15) is 11.9 Å². The van der Waals surface area contributed by atoms with E-state index in [0.717, 1.165) is 23.1 Å². The van der Waals surface area contributed by atoms with Crippen LogP contribution in [0, 0.1) is 29.5 Å². The summed E-state index contributed by atoms with van der Waals surface area (Å²) < 4.78 is 26.4. The largest absolute Gasteiger partial charge is 0.458 e. The van der Waals surface area contributed by atoms with Crippen molar-refractivity contribution in [3.63, 3.8) is 0 Å². The van der Waals surface area contributed by atoms with Crippen LogP contribution in [0.2, 0.25) is 13.1 Å². The first-order chi connectivity index (χ1) is 15.7. The minimum atomic E-state index is -1.03. The third-order valence-corrected chi connectivity index (χ3v) is 7.74. The minimum Gasteiger partial charge on any atom is -0.458 e. The Kier molecular flexibility index (Phi) is 7.95. The standard InChI is InChI=1S/C28H40FO4Si/c1-17-13-18(9-12-23(17)29)25-21(11-10-20-14-19(30)15-24(31)32-20)28(5,6)16-22(27(2,3)4)26(25)33-34(7)8/h9-13,19-20,22,26,30H,14-16H2,1-8H3. The first-order valence-electron chi connectivity index (χ1n) is 12.2. The highest BCUT2D eigenvalue weighted by Crippen LogP contribution is 2.53. The summed E-state index contributed by atoms with van der Waals surface area (Å²) in [6.45, 7) is 17.4. The molecule has 34 heavy (non-hydrogen) atoms. The van der Waals surface area contributed by atoms with E-state index in [1.807, 2.05) is 18.2 Å². The van der Waals surface area contributed by atoms with Crippen LogP contribution in [0.3, 0.4) is 0 Å². The highest BCUT2D eigenvalue weighted by Gasteiger charge is 2.46. The minimum absolute atomic E-state index is 0.0117. The molecule has 1 heterocycles. The van der Waals surface area contributed by atoms with E-state index in [1.165, 1.54) is 6.07 Å². The first-order valence-corrected chi connectivity index (χ1v) is 14.6. The van der Waals surface area contributed by atoms with Crippen molar-refractivity contribution < 1.29 is 23.5 Å². The second-order valence-corrected chi connectivity index (χ2v) is 13.8. The maximum Gasteiger partial charge on any atom is 0.309 e. The van der Waals surface area contributed by atoms with E-state index in [0.29, 0.717) is 12.0 Å². The monoisotopic (exact) mass is 487 g/mol. The Balaban J connectivity index is 2.21. The van der Waals surface area contributed by atoms with E-state index < -0.39 is 21.2 Å². The average Bonchev–Trinajstić information content (AvgIpc) is 2.68. The number of esters is 1. The zero-order chi connectivity index (χ0) is 25.4. The van der Waals surface area contributed by atoms with Crippen LogP contribution in [0.1, 0.15) is 65.0 Å². The Morgan fingerprint density at radius 3 is 2.50 bits per heavy atom. The van der Waals surface area contributed by atoms with Gasteiger partial charge in [-0.2, -0.15) is 0 Å². The molecule has 1 aliphatic heterocycles. The van der Waals surface area contributed by atoms with Gasteiger partial charge < -0.3 is 14.3 Å². The lowest BCUT2D eigenvalue weighted by atomic mass is 9.59. The molecule has 0 amide bonds. The van der Waals surface area contributed by atoms with E-state index in [4.69, 9.17) is 9.16 Å². The van der Waals surface area contributed by atoms with Crippen molar-refractivity contribution in [2.75, 3.05) is 0 Å². The predicted molar refractivity (Wildman–Crippen MR) is 136 cm³/mol. The Morgan fingerprint density at radius 2 is 1.94 bits per heavy atom. The number of aryl methyl sites for hydroxylation is 1. The van der Waals surface area contributed by atoms with Gasteiger partial charge in [-0.15, -0.1) is 0 Å². The molecule has 0 bridgehead atoms. The summed E-state index contributed by atoms with van der Waals surface area (Å²) in [7, 11) is -1.03. The molecule has 0 aromatic heterocycles. The predicted octanol–water partition coefficient (Wildman–Crippen LogP) is 6.24. The smallest absolute Gasteiger partial charge is 0.309 e. The number of hydrogen-bond acceptors (Lipinski definition) is 4. The van der Waals surface area contributed by atoms with Gasteiger partial charge in [0.05, 0.1) is 18.6 Å². The van der Waals surface area contributed by atoms with Gasteiger partial charge in [0.2, 0.25) is 9.04 Å². The van der Waals surface area contributed by atoms with Gasteiger partial charge in [-0.1, -0.05) is 46.8 Å². The lowest BCUT2D eigenvalue weighted by Crippen LogP contribution is -2.44. The number of halogens is 1. The molecule has 1 aliphatic carbocycles. The molecule has 3 rings (SSSR count). The van der Waals surface area contributed by atoms with Gasteiger partial charge in [0.25, 0.3) is 0 Å². The number of carbonyl (C=O) groups excluding carboxylic acids is 1. The van der Waals surface area contributed by atoms with Crippen LogP contribution in [0.15, 0.2) is 35.9 Å². The topological polar surface area (TPSA) is 55.8 Å². The molecule has 1 radical (unpaired) electrons. The summed E-state index contributed by atoms with van der Waals surface area (Å²) in [4.78, 5) is 11.9. The van der Waals surface area contributed by atoms with Crippen molar-refractivity contribution in [1.82, 2.24) is 0 Å². The molecule has 6 heteroatoms. The fourth-order valence-electron chi connectivity index (χ4n) is 5.22. The molecule has 0 saturated carbocycles. The Hall–Kier alpha value is -1.76. The van der Waals surface area contributed by atoms with Crippen molar-refractivity contribution in [3.8, 4) is 0 Å². The zero-order valence-electron chi connectivity index (χ0n) is 21.9. The summed E-state index contributed by atoms with van der Waals surface area (Å²) in [5, 5.41) is 10.0. The van der Waals surface area contributed by atoms with E-state index in [-0.39, 0.29) is 41.1 Å². The van der Waals surface area contributed by atoms with Crippen LogP contribution in [0.25, 0.3) is 5.57 Å². The molecular weight excluding hydrogens is 447 g/mol. The molecule has 1 N–H and O–H groups in total. The summed E-state index contributed by atoms with van der Waals surface area (Å²) in [5.41, 5.74) is 3.60. The molecule has 1 aromatic carbocycles. The lowest BCUT2D eigenvalue weighted by molar-refractivity contribution is -0.156. The third-order valence-electron chi connectivity index (χ3n) is 7.01. The van der Waals surface area contributed by atoms with Crippen molar-refractivity contribution in [3.05, 3.63) is 52.9 Å². The zero-order valence-corrected chi connectivity index (χ0v) is 22.9. The maximum absolute atomic E-state index is 14.2. The van der Waals surface area contributed by atoms with Gasteiger partial charge in [-0.25, -0.2) is 4.39 Å². The SMILES string of the molecule is Cc1cc(C2=C(C=CC3CC(O)CC(=O)O3)C(C)(C)CC(C(C)(C)C)C2O[Si](C)C)ccc1F. The number of ether oxygens (including phenoxy) is 1. The summed E-state index contributed by atoms with van der Waals surface area (Å²) in [5.74, 6) is -0.327. The van der Waals surface area contributed by atoms with Crippen molar-refractivity contribution >= 4 is 20.6 Å². The normalized spacial score (nSPS) is 28.0. The van der Waals surface area contributed by atoms with Gasteiger partial charge in [-0.3, -0.25) is 4.79 Å². The second kappa shape index (κ2) is 10.1. The van der Waals surface area contributed by atoms with Gasteiger partial charge in [0, 0.05) is 6.42 Å². The molecule has 4 unspecified atom stereocenters. The number of hydrogen-bond donors (Lipinski definition) is 1. The molecule has 1 fully saturated rings. The van der Waals surface area contributed by atoms with E-state index in [1.54, 1.807) is 6.92 Å². The summed E-state index contributed by atoms with van der Waals surface area (Å²) in [6, 6.07) is 5.30. The van der Waals surface area contributed by atoms with Crippen LogP contribution in [0.4, 0.5) is 4.39 Å². The Bertz CT molecular complexity index is 973. The number of allylic oxidation sites excluding steroid dienone is 2. The van der Waals surface area contributed by atoms with Crippen molar-refractivity contribution in [1.29, 1.82) is 0 Å². The van der Waals surface area contributed by atoms with Gasteiger partial charge in [-0.05, 0) is 83.7 Å². The molecular formula is C28H40FO4Si. The van der Waals surface area contributed by atoms with Crippen molar-refractivity contribution in [2.45, 2.75) is 92.2 Å². The lowest BCUT2D eigenvalue weighted by Gasteiger charge is -2.49. The highest BCUT2D eigenvalue weighted by atomic mass is 28.3. The number of aliphatic hydroxyl groups excluding tert-OH is 1. The van der Waals surface area contributed by atoms with E-state index >= 15 is 0 Å². The molecule has 1 aromatic rings. The number of aliphatic hydroxyl groups is 1. The third kappa shape index (κ3) is 6.07. The number of rotatable bonds is 5. The van der Waals surface area contributed by atoms with Gasteiger partial charge >= 0.3 is 5.97 Å². The number of cyclic esters (lactones) is 1. The second-order valence-electron chi connectivity index (χ2n) is 11.8. The molecule has 4 nitrogen and oxygen atoms in total. The van der Waals surface area contributed by atoms with Crippen LogP contribution >= 0.6 is 0 Å². The quantitative estimate of drug-likeness (QED) is 0.395. The molecule has 1 saturated heterocycles. The summed E-state index contributed by atoms with van der Waals surface area (Å²) in [6.07, 6.45) is 4.04. The summed E-state index contributed by atoms with van der Waals surface area (Å²) >= 11 is 0. The number of benzene rings is 1. The van der Waals surface area contributed by atoms with Gasteiger partial charge in [0.15, 0.2) is 0 Å². The first kappa shape index (κ1) is 26.8. The highest BCUT2D eigenvalue weighted by molar-refractivity contribution is 6.48. The van der Waals surface area contributed by atoms with Crippen molar-refractivity contribution in [2.24, 2.45) is 16.7 Å². The fraction of sp³-hybridized carbons (Fsp3) is 0.607. The van der Waals surface area contributed by atoms with Crippen LogP contribution in [-0.4, -0.2) is 38.4 Å². The van der Waals surface area contributed by atoms with Crippen LogP contribution < -0.4 is 0 Å². The molecule has 187 valence electrons. The Labute approximate surface area is 206 Å². The maximum atomic E-state index is 14.2.